The molecule has 0 spiro atoms. The van der Waals surface area contributed by atoms with Crippen LogP contribution in [0.25, 0.3) is 0 Å². The maximum Gasteiger partial charge on any atom is 0.259 e. The predicted octanol–water partition coefficient (Wildman–Crippen LogP) is 2.10. The van der Waals surface area contributed by atoms with Gasteiger partial charge in [-0.05, 0) is 43.7 Å². The van der Waals surface area contributed by atoms with Gasteiger partial charge in [0.05, 0.1) is 7.11 Å². The van der Waals surface area contributed by atoms with Gasteiger partial charge in [0.1, 0.15) is 17.7 Å². The molecule has 0 bridgehead atoms. The number of carbonyl (C=O) groups excluding carboxylic acids is 1. The Hall–Kier alpha value is -2.57. The summed E-state index contributed by atoms with van der Waals surface area (Å²) >= 11 is 0. The molecular weight excluding hydrogens is 330 g/mol. The fraction of sp³-hybridized carbons (Fsp3) is 0.350. The molecule has 1 aliphatic rings. The van der Waals surface area contributed by atoms with Crippen LogP contribution in [0.2, 0.25) is 0 Å². The normalized spacial score (nSPS) is 22.0. The summed E-state index contributed by atoms with van der Waals surface area (Å²) in [5.74, 6) is 1.34. The fourth-order valence-electron chi connectivity index (χ4n) is 3.21. The largest absolute Gasteiger partial charge is 0.497 e. The van der Waals surface area contributed by atoms with E-state index in [2.05, 4.69) is 48.2 Å². The van der Waals surface area contributed by atoms with E-state index in [1.165, 1.54) is 11.1 Å². The Morgan fingerprint density at radius 3 is 2.54 bits per heavy atom. The average Bonchev–Trinajstić information content (AvgIpc) is 3.00. The first-order valence-electron chi connectivity index (χ1n) is 8.70. The zero-order valence-electron chi connectivity index (χ0n) is 15.3. The fourth-order valence-corrected chi connectivity index (χ4v) is 3.21. The van der Waals surface area contributed by atoms with Gasteiger partial charge < -0.3 is 14.8 Å². The minimum Gasteiger partial charge on any atom is -0.497 e. The Kier molecular flexibility index (Phi) is 5.75. The first-order valence-corrected chi connectivity index (χ1v) is 8.70. The first kappa shape index (κ1) is 18.2. The lowest BCUT2D eigenvalue weighted by molar-refractivity contribution is -0.124. The molecule has 1 aliphatic heterocycles. The summed E-state index contributed by atoms with van der Waals surface area (Å²) in [5, 5.41) is 3.01. The van der Waals surface area contributed by atoms with Gasteiger partial charge in [0.15, 0.2) is 6.61 Å². The van der Waals surface area contributed by atoms with Crippen LogP contribution in [0.1, 0.15) is 24.0 Å². The van der Waals surface area contributed by atoms with Crippen LogP contribution >= 0.6 is 0 Å². The zero-order valence-corrected chi connectivity index (χ0v) is 15.3. The minimum absolute atomic E-state index is 0.0422. The van der Waals surface area contributed by atoms with Gasteiger partial charge in [-0.1, -0.05) is 29.8 Å². The molecule has 1 amide bonds. The van der Waals surface area contributed by atoms with Crippen LogP contribution in [-0.2, 0) is 4.79 Å². The molecule has 6 nitrogen and oxygen atoms in total. The molecule has 0 radical (unpaired) electrons. The van der Waals surface area contributed by atoms with Crippen LogP contribution in [0.15, 0.2) is 48.5 Å². The van der Waals surface area contributed by atoms with E-state index in [4.69, 9.17) is 9.47 Å². The van der Waals surface area contributed by atoms with Crippen LogP contribution in [-0.4, -0.2) is 31.8 Å². The van der Waals surface area contributed by atoms with E-state index in [-0.39, 0.29) is 30.6 Å². The molecule has 0 aromatic heterocycles. The van der Waals surface area contributed by atoms with Gasteiger partial charge in [-0.25, -0.2) is 5.43 Å². The highest BCUT2D eigenvalue weighted by atomic mass is 16.5. The van der Waals surface area contributed by atoms with Crippen molar-refractivity contribution in [1.29, 1.82) is 0 Å². The van der Waals surface area contributed by atoms with Crippen molar-refractivity contribution in [2.75, 3.05) is 13.7 Å². The second-order valence-corrected chi connectivity index (χ2v) is 6.53. The number of benzene rings is 2. The lowest BCUT2D eigenvalue weighted by Crippen LogP contribution is -2.47. The van der Waals surface area contributed by atoms with Gasteiger partial charge in [-0.15, -0.1) is 0 Å². The van der Waals surface area contributed by atoms with Crippen molar-refractivity contribution in [3.05, 3.63) is 59.7 Å². The predicted molar refractivity (Wildman–Crippen MR) is 100 cm³/mol. The van der Waals surface area contributed by atoms with E-state index in [1.807, 2.05) is 6.07 Å². The number of nitrogens with one attached hydrogen (secondary N) is 3. The monoisotopic (exact) mass is 355 g/mol. The number of rotatable bonds is 6. The number of carbonyl (C=O) groups is 1. The zero-order chi connectivity index (χ0) is 18.5. The average molecular weight is 355 g/mol. The second-order valence-electron chi connectivity index (χ2n) is 6.53. The van der Waals surface area contributed by atoms with E-state index in [9.17, 15) is 4.79 Å². The van der Waals surface area contributed by atoms with Crippen LogP contribution in [0.4, 0.5) is 0 Å². The summed E-state index contributed by atoms with van der Waals surface area (Å²) in [7, 11) is 1.61. The summed E-state index contributed by atoms with van der Waals surface area (Å²) in [6.07, 6.45) is -0.196. The van der Waals surface area contributed by atoms with Crippen molar-refractivity contribution in [3.8, 4) is 11.5 Å². The van der Waals surface area contributed by atoms with E-state index in [0.29, 0.717) is 5.75 Å². The molecule has 2 aromatic rings. The van der Waals surface area contributed by atoms with Crippen LogP contribution < -0.4 is 25.6 Å². The van der Waals surface area contributed by atoms with Gasteiger partial charge in [-0.3, -0.25) is 10.2 Å². The van der Waals surface area contributed by atoms with Gasteiger partial charge in [0, 0.05) is 12.0 Å². The summed E-state index contributed by atoms with van der Waals surface area (Å²) in [6.45, 7) is 4.12. The molecule has 3 atom stereocenters. The number of hydrogen-bond donors (Lipinski definition) is 3. The van der Waals surface area contributed by atoms with Gasteiger partial charge in [0.2, 0.25) is 0 Å². The number of methoxy groups -OCH3 is 1. The third-order valence-corrected chi connectivity index (χ3v) is 4.54. The van der Waals surface area contributed by atoms with E-state index < -0.39 is 0 Å². The van der Waals surface area contributed by atoms with Crippen molar-refractivity contribution in [2.24, 2.45) is 0 Å². The molecule has 1 saturated heterocycles. The highest BCUT2D eigenvalue weighted by molar-refractivity contribution is 5.78. The molecule has 1 fully saturated rings. The van der Waals surface area contributed by atoms with Crippen molar-refractivity contribution in [1.82, 2.24) is 16.2 Å². The third-order valence-electron chi connectivity index (χ3n) is 4.54. The molecule has 138 valence electrons. The molecule has 6 heteroatoms. The summed E-state index contributed by atoms with van der Waals surface area (Å²) in [5.41, 5.74) is 8.77. The maximum atomic E-state index is 12.3. The number of aryl methyl sites for hydroxylation is 1. The van der Waals surface area contributed by atoms with E-state index in [0.717, 1.165) is 5.75 Å². The van der Waals surface area contributed by atoms with E-state index in [1.54, 1.807) is 31.4 Å². The SMILES string of the molecule is COc1ccc(OCC(=O)NC2NNC(C)C2c2cccc(C)c2)cc1. The quantitative estimate of drug-likeness (QED) is 0.740. The molecule has 1 heterocycles. The highest BCUT2D eigenvalue weighted by Crippen LogP contribution is 2.26. The Morgan fingerprint density at radius 2 is 1.85 bits per heavy atom. The highest BCUT2D eigenvalue weighted by Gasteiger charge is 2.35. The van der Waals surface area contributed by atoms with Crippen LogP contribution in [0, 0.1) is 6.92 Å². The Morgan fingerprint density at radius 1 is 1.12 bits per heavy atom. The minimum atomic E-state index is -0.196. The smallest absolute Gasteiger partial charge is 0.259 e. The standard InChI is InChI=1S/C20H25N3O3/c1-13-5-4-6-15(11-13)19-14(2)22-23-20(19)21-18(24)12-26-17-9-7-16(25-3)8-10-17/h4-11,14,19-20,22-23H,12H2,1-3H3,(H,21,24). The molecule has 3 rings (SSSR count). The molecule has 3 unspecified atom stereocenters. The molecule has 26 heavy (non-hydrogen) atoms. The lowest BCUT2D eigenvalue weighted by Gasteiger charge is -2.23. The van der Waals surface area contributed by atoms with Crippen LogP contribution in [0.5, 0.6) is 11.5 Å². The van der Waals surface area contributed by atoms with Crippen LogP contribution in [0.3, 0.4) is 0 Å². The topological polar surface area (TPSA) is 71.6 Å². The first-order chi connectivity index (χ1) is 12.6. The molecule has 0 saturated carbocycles. The number of hydrogen-bond acceptors (Lipinski definition) is 5. The number of ether oxygens (including phenoxy) is 2. The van der Waals surface area contributed by atoms with E-state index >= 15 is 0 Å². The molecule has 3 N–H and O–H groups in total. The van der Waals surface area contributed by atoms with Crippen molar-refractivity contribution < 1.29 is 14.3 Å². The number of hydrazine groups is 1. The summed E-state index contributed by atoms with van der Waals surface area (Å²) in [6, 6.07) is 15.7. The van der Waals surface area contributed by atoms with Gasteiger partial charge in [-0.2, -0.15) is 0 Å². The summed E-state index contributed by atoms with van der Waals surface area (Å²) < 4.78 is 10.7. The third kappa shape index (κ3) is 4.33. The Labute approximate surface area is 153 Å². The summed E-state index contributed by atoms with van der Waals surface area (Å²) in [4.78, 5) is 12.3. The van der Waals surface area contributed by atoms with Crippen molar-refractivity contribution in [2.45, 2.75) is 32.0 Å². The lowest BCUT2D eigenvalue weighted by atomic mass is 9.90. The van der Waals surface area contributed by atoms with Gasteiger partial charge >= 0.3 is 0 Å². The van der Waals surface area contributed by atoms with Crippen molar-refractivity contribution in [3.63, 3.8) is 0 Å². The number of amides is 1. The Bertz CT molecular complexity index is 748. The second kappa shape index (κ2) is 8.21. The molecule has 2 aromatic carbocycles. The molecular formula is C20H25N3O3. The molecule has 0 aliphatic carbocycles. The van der Waals surface area contributed by atoms with Gasteiger partial charge in [0.25, 0.3) is 5.91 Å². The maximum absolute atomic E-state index is 12.3. The van der Waals surface area contributed by atoms with Crippen molar-refractivity contribution >= 4 is 5.91 Å². The Balaban J connectivity index is 1.58.